The van der Waals surface area contributed by atoms with Crippen LogP contribution in [0, 0.1) is 29.1 Å². The summed E-state index contributed by atoms with van der Waals surface area (Å²) in [6.07, 6.45) is 10.5. The normalized spacial score (nSPS) is 31.3. The lowest BCUT2D eigenvalue weighted by molar-refractivity contribution is -0.128. The van der Waals surface area contributed by atoms with Gasteiger partial charge in [0.25, 0.3) is 0 Å². The summed E-state index contributed by atoms with van der Waals surface area (Å²) in [4.78, 5) is 6.19. The average molecular weight is 524 g/mol. The molecule has 0 radical (unpaired) electrons. The number of hydrogen-bond donors (Lipinski definition) is 2. The van der Waals surface area contributed by atoms with E-state index in [4.69, 9.17) is 11.6 Å². The molecule has 1 atom stereocenters. The minimum absolute atomic E-state index is 0.139. The summed E-state index contributed by atoms with van der Waals surface area (Å²) < 4.78 is 3.70. The van der Waals surface area contributed by atoms with Gasteiger partial charge in [0, 0.05) is 18.1 Å². The number of halogens is 1. The number of rotatable bonds is 5. The standard InChI is InChI=1S/C30H38ClN3OS/c31-24-5-6-25-27(14-24)34(36-28-4-2-1-3-26(28)32-25)18-20-7-9-33(10-8-20)19-29(35)30-15-21-11-22(16-30)13-23(12-21)17-30/h1-6,14,20-23,29,32,35H,7-13,15-19H2. The monoisotopic (exact) mass is 523 g/mol. The predicted octanol–water partition coefficient (Wildman–Crippen LogP) is 7.25. The molecule has 2 N–H and O–H groups in total. The Kier molecular flexibility index (Phi) is 6.12. The summed E-state index contributed by atoms with van der Waals surface area (Å²) in [5.41, 5.74) is 3.68. The van der Waals surface area contributed by atoms with Crippen LogP contribution in [0.1, 0.15) is 51.4 Å². The van der Waals surface area contributed by atoms with Crippen LogP contribution in [0.4, 0.5) is 0 Å². The number of nitrogens with one attached hydrogen (secondary N) is 1. The fraction of sp³-hybridized carbons (Fsp3) is 0.600. The molecular weight excluding hydrogens is 486 g/mol. The van der Waals surface area contributed by atoms with Crippen molar-refractivity contribution in [2.45, 2.75) is 64.0 Å². The Labute approximate surface area is 223 Å². The summed E-state index contributed by atoms with van der Waals surface area (Å²) in [5, 5.41) is 12.3. The number of hydrogen-bond acceptors (Lipinski definition) is 3. The maximum Gasteiger partial charge on any atom is 0.0758 e. The molecule has 1 aromatic heterocycles. The summed E-state index contributed by atoms with van der Waals surface area (Å²) >= 11 is 8.26. The Balaban J connectivity index is 1.05. The number of aliphatic hydroxyl groups is 1. The Morgan fingerprint density at radius 2 is 1.67 bits per heavy atom. The van der Waals surface area contributed by atoms with Gasteiger partial charge in [0.15, 0.2) is 0 Å². The maximum atomic E-state index is 11.5. The molecule has 4 nitrogen and oxygen atoms in total. The highest BCUT2D eigenvalue weighted by Crippen LogP contribution is 2.61. The van der Waals surface area contributed by atoms with E-state index in [0.29, 0.717) is 5.92 Å². The molecule has 1 unspecified atom stereocenters. The van der Waals surface area contributed by atoms with Crippen LogP contribution in [0.5, 0.6) is 0 Å². The van der Waals surface area contributed by atoms with Gasteiger partial charge in [-0.25, -0.2) is 0 Å². The van der Waals surface area contributed by atoms with Crippen LogP contribution < -0.4 is 0 Å². The van der Waals surface area contributed by atoms with Crippen LogP contribution in [0.2, 0.25) is 5.02 Å². The molecule has 0 amide bonds. The van der Waals surface area contributed by atoms with E-state index >= 15 is 0 Å². The third-order valence-electron chi connectivity index (χ3n) is 9.95. The fourth-order valence-electron chi connectivity index (χ4n) is 8.53. The zero-order valence-corrected chi connectivity index (χ0v) is 22.6. The quantitative estimate of drug-likeness (QED) is 0.370. The number of para-hydroxylation sites is 1. The molecule has 5 aliphatic rings. The van der Waals surface area contributed by atoms with Crippen molar-refractivity contribution in [1.82, 2.24) is 13.8 Å². The van der Waals surface area contributed by atoms with Crippen molar-refractivity contribution >= 4 is 44.4 Å². The van der Waals surface area contributed by atoms with Gasteiger partial charge in [-0.1, -0.05) is 35.3 Å². The molecule has 192 valence electrons. The first kappa shape index (κ1) is 23.6. The van der Waals surface area contributed by atoms with Gasteiger partial charge in [-0.05, 0) is 124 Å². The Morgan fingerprint density at radius 1 is 0.972 bits per heavy atom. The zero-order valence-electron chi connectivity index (χ0n) is 21.0. The van der Waals surface area contributed by atoms with Crippen molar-refractivity contribution in [1.29, 1.82) is 0 Å². The highest BCUT2D eigenvalue weighted by Gasteiger charge is 2.54. The number of nitrogens with zero attached hydrogens (tertiary/aromatic N) is 2. The topological polar surface area (TPSA) is 44.2 Å². The van der Waals surface area contributed by atoms with Crippen molar-refractivity contribution < 1.29 is 5.11 Å². The molecule has 36 heavy (non-hydrogen) atoms. The van der Waals surface area contributed by atoms with E-state index in [-0.39, 0.29) is 11.5 Å². The first-order valence-corrected chi connectivity index (χ1v) is 15.2. The van der Waals surface area contributed by atoms with Crippen LogP contribution in [0.25, 0.3) is 21.3 Å². The van der Waals surface area contributed by atoms with E-state index in [0.717, 1.165) is 60.0 Å². The SMILES string of the molecule is OC(CN1CCC(Cn2sc3ccccc3[nH]c3ccc(Cl)cc32)CC1)C12CC3CC(CC(C3)C1)C2. The number of aliphatic hydroxyl groups excluding tert-OH is 1. The molecule has 8 rings (SSSR count). The zero-order chi connectivity index (χ0) is 24.3. The molecule has 4 aliphatic carbocycles. The number of fused-ring (bicyclic) bond motifs is 2. The molecule has 4 bridgehead atoms. The molecule has 1 aliphatic heterocycles. The minimum atomic E-state index is -0.139. The second-order valence-corrected chi connectivity index (χ2v) is 14.0. The molecule has 2 aromatic carbocycles. The molecule has 3 aromatic rings. The number of piperidine rings is 1. The van der Waals surface area contributed by atoms with E-state index in [1.807, 2.05) is 17.6 Å². The molecule has 5 fully saturated rings. The van der Waals surface area contributed by atoms with Gasteiger partial charge in [-0.2, -0.15) is 0 Å². The average Bonchev–Trinajstić information content (AvgIpc) is 3.01. The lowest BCUT2D eigenvalue weighted by Crippen LogP contribution is -2.55. The Hall–Kier alpha value is -1.53. The number of H-pyrrole nitrogens is 1. The van der Waals surface area contributed by atoms with Crippen LogP contribution in [-0.4, -0.2) is 44.7 Å². The molecule has 1 saturated heterocycles. The Bertz CT molecular complexity index is 1260. The number of likely N-dealkylation sites (tertiary alicyclic amines) is 1. The van der Waals surface area contributed by atoms with Gasteiger partial charge in [0.1, 0.15) is 0 Å². The van der Waals surface area contributed by atoms with Crippen molar-refractivity contribution in [3.63, 3.8) is 0 Å². The largest absolute Gasteiger partial charge is 0.391 e. The third kappa shape index (κ3) is 4.40. The smallest absolute Gasteiger partial charge is 0.0758 e. The second-order valence-electron chi connectivity index (χ2n) is 12.5. The van der Waals surface area contributed by atoms with E-state index < -0.39 is 0 Å². The lowest BCUT2D eigenvalue weighted by atomic mass is 9.48. The van der Waals surface area contributed by atoms with Gasteiger partial charge in [0.05, 0.1) is 27.4 Å². The molecule has 2 heterocycles. The maximum absolute atomic E-state index is 11.5. The van der Waals surface area contributed by atoms with Gasteiger partial charge in [-0.15, -0.1) is 0 Å². The lowest BCUT2D eigenvalue weighted by Gasteiger charge is -2.59. The fourth-order valence-corrected chi connectivity index (χ4v) is 9.82. The van der Waals surface area contributed by atoms with E-state index in [1.165, 1.54) is 61.6 Å². The van der Waals surface area contributed by atoms with Crippen LogP contribution in [-0.2, 0) is 6.54 Å². The van der Waals surface area contributed by atoms with E-state index in [1.54, 1.807) is 0 Å². The second kappa shape index (κ2) is 9.34. The number of aromatic nitrogens is 2. The highest BCUT2D eigenvalue weighted by atomic mass is 35.5. The van der Waals surface area contributed by atoms with Crippen molar-refractivity contribution in [3.8, 4) is 0 Å². The summed E-state index contributed by atoms with van der Waals surface area (Å²) in [6, 6.07) is 14.7. The predicted molar refractivity (Wildman–Crippen MR) is 150 cm³/mol. The molecule has 0 spiro atoms. The number of benzene rings is 2. The van der Waals surface area contributed by atoms with E-state index in [2.05, 4.69) is 50.2 Å². The van der Waals surface area contributed by atoms with Gasteiger partial charge >= 0.3 is 0 Å². The minimum Gasteiger partial charge on any atom is -0.391 e. The summed E-state index contributed by atoms with van der Waals surface area (Å²) in [7, 11) is 0. The van der Waals surface area contributed by atoms with Crippen molar-refractivity contribution in [2.75, 3.05) is 19.6 Å². The van der Waals surface area contributed by atoms with Crippen LogP contribution >= 0.6 is 23.1 Å². The van der Waals surface area contributed by atoms with Crippen molar-refractivity contribution in [2.24, 2.45) is 29.1 Å². The summed E-state index contributed by atoms with van der Waals surface area (Å²) in [5.74, 6) is 3.35. The first-order valence-electron chi connectivity index (χ1n) is 14.0. The molecular formula is C30H38ClN3OS. The molecule has 6 heteroatoms. The number of β-amino-alcohol motifs (C(OH)–C–C–N with tert-alkyl or cyclic N) is 1. The number of aromatic amines is 1. The first-order chi connectivity index (χ1) is 17.5. The van der Waals surface area contributed by atoms with Gasteiger partial charge in [-0.3, -0.25) is 3.96 Å². The van der Waals surface area contributed by atoms with Crippen LogP contribution in [0.15, 0.2) is 42.5 Å². The highest BCUT2D eigenvalue weighted by molar-refractivity contribution is 7.13. The van der Waals surface area contributed by atoms with Gasteiger partial charge < -0.3 is 15.0 Å². The Morgan fingerprint density at radius 3 is 2.39 bits per heavy atom. The van der Waals surface area contributed by atoms with Crippen molar-refractivity contribution in [3.05, 3.63) is 47.5 Å². The molecule has 4 saturated carbocycles. The third-order valence-corrected chi connectivity index (χ3v) is 11.3. The summed E-state index contributed by atoms with van der Waals surface area (Å²) in [6.45, 7) is 4.10. The van der Waals surface area contributed by atoms with Gasteiger partial charge in [0.2, 0.25) is 0 Å². The van der Waals surface area contributed by atoms with Crippen LogP contribution in [0.3, 0.4) is 0 Å². The van der Waals surface area contributed by atoms with E-state index in [9.17, 15) is 5.11 Å².